The topological polar surface area (TPSA) is 78.9 Å². The molecule has 0 aliphatic carbocycles. The Hall–Kier alpha value is -1.56. The van der Waals surface area contributed by atoms with E-state index in [-0.39, 0.29) is 17.7 Å². The van der Waals surface area contributed by atoms with Gasteiger partial charge in [0.15, 0.2) is 0 Å². The van der Waals surface area contributed by atoms with Gasteiger partial charge in [0.2, 0.25) is 5.91 Å². The Labute approximate surface area is 126 Å². The van der Waals surface area contributed by atoms with Crippen LogP contribution in [0.2, 0.25) is 0 Å². The van der Waals surface area contributed by atoms with Gasteiger partial charge in [-0.25, -0.2) is 0 Å². The first-order valence-corrected chi connectivity index (χ1v) is 7.39. The molecule has 1 fully saturated rings. The number of oxime groups is 1. The number of amides is 1. The predicted molar refractivity (Wildman–Crippen MR) is 80.6 cm³/mol. The first-order chi connectivity index (χ1) is 9.60. The van der Waals surface area contributed by atoms with Crippen molar-refractivity contribution in [3.8, 4) is 0 Å². The molecule has 1 aromatic carbocycles. The zero-order valence-corrected chi connectivity index (χ0v) is 12.7. The van der Waals surface area contributed by atoms with Crippen LogP contribution >= 0.6 is 15.9 Å². The highest BCUT2D eigenvalue weighted by atomic mass is 79.9. The van der Waals surface area contributed by atoms with Crippen LogP contribution in [0.4, 0.5) is 0 Å². The van der Waals surface area contributed by atoms with Gasteiger partial charge in [0.25, 0.3) is 0 Å². The van der Waals surface area contributed by atoms with Crippen molar-refractivity contribution in [2.75, 3.05) is 13.1 Å². The Bertz CT molecular complexity index is 519. The Morgan fingerprint density at radius 1 is 1.55 bits per heavy atom. The first kappa shape index (κ1) is 14.8. The van der Waals surface area contributed by atoms with E-state index in [1.165, 1.54) is 0 Å². The standard InChI is InChI=1S/C14H18BrN3O2/c15-12-5-1-3-10(7-12)8-13(19)18-6-2-4-11(9-18)14(16)17-20/h1,3,5,7,11,20H,2,4,6,8-9H2,(H2,16,17). The fourth-order valence-corrected chi connectivity index (χ4v) is 2.91. The SMILES string of the molecule is NC(=NO)C1CCCN(C(=O)Cc2cccc(Br)c2)C1. The zero-order valence-electron chi connectivity index (χ0n) is 11.1. The third-order valence-corrected chi connectivity index (χ3v) is 4.05. The second-order valence-corrected chi connectivity index (χ2v) is 5.93. The van der Waals surface area contributed by atoms with Crippen molar-refractivity contribution in [1.29, 1.82) is 0 Å². The van der Waals surface area contributed by atoms with Gasteiger partial charge in [0.1, 0.15) is 5.84 Å². The summed E-state index contributed by atoms with van der Waals surface area (Å²) in [6, 6.07) is 7.74. The van der Waals surface area contributed by atoms with Crippen molar-refractivity contribution in [2.45, 2.75) is 19.3 Å². The third-order valence-electron chi connectivity index (χ3n) is 3.55. The molecule has 0 spiro atoms. The number of halogens is 1. The molecule has 1 amide bonds. The van der Waals surface area contributed by atoms with E-state index in [4.69, 9.17) is 10.9 Å². The largest absolute Gasteiger partial charge is 0.409 e. The fraction of sp³-hybridized carbons (Fsp3) is 0.429. The van der Waals surface area contributed by atoms with Gasteiger partial charge in [-0.1, -0.05) is 33.2 Å². The summed E-state index contributed by atoms with van der Waals surface area (Å²) in [5, 5.41) is 11.8. The number of hydrogen-bond donors (Lipinski definition) is 2. The maximum absolute atomic E-state index is 12.3. The van der Waals surface area contributed by atoms with E-state index in [1.54, 1.807) is 4.90 Å². The van der Waals surface area contributed by atoms with Crippen molar-refractivity contribution >= 4 is 27.7 Å². The summed E-state index contributed by atoms with van der Waals surface area (Å²) >= 11 is 3.40. The summed E-state index contributed by atoms with van der Waals surface area (Å²) < 4.78 is 0.968. The van der Waals surface area contributed by atoms with Gasteiger partial charge in [0, 0.05) is 23.5 Å². The summed E-state index contributed by atoms with van der Waals surface area (Å²) in [5.41, 5.74) is 6.62. The van der Waals surface area contributed by atoms with Crippen molar-refractivity contribution in [2.24, 2.45) is 16.8 Å². The smallest absolute Gasteiger partial charge is 0.227 e. The van der Waals surface area contributed by atoms with Gasteiger partial charge in [-0.2, -0.15) is 0 Å². The highest BCUT2D eigenvalue weighted by Crippen LogP contribution is 2.18. The molecule has 0 saturated carbocycles. The van der Waals surface area contributed by atoms with Gasteiger partial charge in [-0.3, -0.25) is 4.79 Å². The molecule has 0 aromatic heterocycles. The maximum atomic E-state index is 12.3. The van der Waals surface area contributed by atoms with Gasteiger partial charge >= 0.3 is 0 Å². The number of carbonyl (C=O) groups excluding carboxylic acids is 1. The number of nitrogens with two attached hydrogens (primary N) is 1. The highest BCUT2D eigenvalue weighted by Gasteiger charge is 2.26. The van der Waals surface area contributed by atoms with E-state index < -0.39 is 0 Å². The molecule has 2 rings (SSSR count). The lowest BCUT2D eigenvalue weighted by atomic mass is 9.96. The third kappa shape index (κ3) is 3.72. The normalized spacial score (nSPS) is 19.9. The minimum Gasteiger partial charge on any atom is -0.409 e. The zero-order chi connectivity index (χ0) is 14.5. The van der Waals surface area contributed by atoms with Gasteiger partial charge in [-0.05, 0) is 30.5 Å². The molecule has 0 bridgehead atoms. The molecule has 1 aliphatic rings. The molecule has 6 heteroatoms. The van der Waals surface area contributed by atoms with Crippen LogP contribution < -0.4 is 5.73 Å². The quantitative estimate of drug-likeness (QED) is 0.382. The van der Waals surface area contributed by atoms with Gasteiger partial charge < -0.3 is 15.8 Å². The molecule has 20 heavy (non-hydrogen) atoms. The lowest BCUT2D eigenvalue weighted by molar-refractivity contribution is -0.131. The van der Waals surface area contributed by atoms with E-state index >= 15 is 0 Å². The van der Waals surface area contributed by atoms with Crippen LogP contribution in [0.15, 0.2) is 33.9 Å². The van der Waals surface area contributed by atoms with E-state index in [2.05, 4.69) is 21.1 Å². The molecule has 0 radical (unpaired) electrons. The molecule has 1 atom stereocenters. The molecule has 1 aliphatic heterocycles. The second-order valence-electron chi connectivity index (χ2n) is 5.01. The molecular formula is C14H18BrN3O2. The predicted octanol–water partition coefficient (Wildman–Crippen LogP) is 1.98. The summed E-state index contributed by atoms with van der Waals surface area (Å²) in [6.07, 6.45) is 2.12. The number of piperidine rings is 1. The van der Waals surface area contributed by atoms with Gasteiger partial charge in [-0.15, -0.1) is 0 Å². The molecule has 1 heterocycles. The molecule has 1 aromatic rings. The molecule has 5 nitrogen and oxygen atoms in total. The monoisotopic (exact) mass is 339 g/mol. The number of amidine groups is 1. The lowest BCUT2D eigenvalue weighted by Crippen LogP contribution is -2.44. The molecule has 1 unspecified atom stereocenters. The van der Waals surface area contributed by atoms with Crippen molar-refractivity contribution in [1.82, 2.24) is 4.90 Å². The average molecular weight is 340 g/mol. The van der Waals surface area contributed by atoms with Crippen molar-refractivity contribution in [3.63, 3.8) is 0 Å². The Morgan fingerprint density at radius 2 is 2.35 bits per heavy atom. The number of carbonyl (C=O) groups is 1. The summed E-state index contributed by atoms with van der Waals surface area (Å²) in [6.45, 7) is 1.27. The molecule has 1 saturated heterocycles. The Balaban J connectivity index is 1.98. The number of benzene rings is 1. The van der Waals surface area contributed by atoms with Crippen LogP contribution in [0.1, 0.15) is 18.4 Å². The van der Waals surface area contributed by atoms with Crippen LogP contribution in [0.3, 0.4) is 0 Å². The van der Waals surface area contributed by atoms with Crippen molar-refractivity contribution < 1.29 is 10.0 Å². The average Bonchev–Trinajstić information content (AvgIpc) is 2.46. The van der Waals surface area contributed by atoms with Crippen LogP contribution in [-0.4, -0.2) is 34.9 Å². The highest BCUT2D eigenvalue weighted by molar-refractivity contribution is 9.10. The minimum atomic E-state index is -0.0415. The summed E-state index contributed by atoms with van der Waals surface area (Å²) in [4.78, 5) is 14.1. The van der Waals surface area contributed by atoms with E-state index in [9.17, 15) is 4.79 Å². The minimum absolute atomic E-state index is 0.0415. The molecular weight excluding hydrogens is 322 g/mol. The van der Waals surface area contributed by atoms with Gasteiger partial charge in [0.05, 0.1) is 6.42 Å². The Morgan fingerprint density at radius 3 is 3.05 bits per heavy atom. The number of hydrogen-bond acceptors (Lipinski definition) is 3. The van der Waals surface area contributed by atoms with Crippen LogP contribution in [0.5, 0.6) is 0 Å². The van der Waals surface area contributed by atoms with Crippen LogP contribution in [0, 0.1) is 5.92 Å². The van der Waals surface area contributed by atoms with E-state index in [0.29, 0.717) is 13.0 Å². The molecule has 3 N–H and O–H groups in total. The fourth-order valence-electron chi connectivity index (χ4n) is 2.46. The number of rotatable bonds is 3. The van der Waals surface area contributed by atoms with Crippen LogP contribution in [-0.2, 0) is 11.2 Å². The number of nitrogens with zero attached hydrogens (tertiary/aromatic N) is 2. The van der Waals surface area contributed by atoms with E-state index in [0.717, 1.165) is 29.4 Å². The number of likely N-dealkylation sites (tertiary alicyclic amines) is 1. The lowest BCUT2D eigenvalue weighted by Gasteiger charge is -2.32. The Kier molecular flexibility index (Phi) is 5.00. The molecule has 108 valence electrons. The summed E-state index contributed by atoms with van der Waals surface area (Å²) in [7, 11) is 0. The maximum Gasteiger partial charge on any atom is 0.227 e. The van der Waals surface area contributed by atoms with Crippen LogP contribution in [0.25, 0.3) is 0 Å². The summed E-state index contributed by atoms with van der Waals surface area (Å²) in [5.74, 6) is 0.253. The first-order valence-electron chi connectivity index (χ1n) is 6.60. The second kappa shape index (κ2) is 6.74. The van der Waals surface area contributed by atoms with Crippen molar-refractivity contribution in [3.05, 3.63) is 34.3 Å². The van der Waals surface area contributed by atoms with E-state index in [1.807, 2.05) is 24.3 Å².